The van der Waals surface area contributed by atoms with Crippen LogP contribution in [0.5, 0.6) is 11.5 Å². The van der Waals surface area contributed by atoms with E-state index in [-0.39, 0.29) is 17.9 Å². The molecule has 0 aliphatic heterocycles. The second kappa shape index (κ2) is 5.19. The molecule has 0 fully saturated rings. The molecular formula is C14H10FNO2. The van der Waals surface area contributed by atoms with Crippen LogP contribution in [0.1, 0.15) is 11.1 Å². The zero-order valence-electron chi connectivity index (χ0n) is 9.43. The SMILES string of the molecule is N#Cc1cccc(COc2ccc(O)cc2)c1F. The van der Waals surface area contributed by atoms with Crippen LogP contribution in [0.3, 0.4) is 0 Å². The molecule has 2 aromatic carbocycles. The van der Waals surface area contributed by atoms with Crippen molar-refractivity contribution in [3.05, 3.63) is 59.4 Å². The molecule has 2 aromatic rings. The van der Waals surface area contributed by atoms with Gasteiger partial charge in [-0.15, -0.1) is 0 Å². The summed E-state index contributed by atoms with van der Waals surface area (Å²) in [6.45, 7) is 0.0339. The number of phenols is 1. The molecule has 2 rings (SSSR count). The largest absolute Gasteiger partial charge is 0.508 e. The number of hydrogen-bond acceptors (Lipinski definition) is 3. The van der Waals surface area contributed by atoms with Crippen molar-refractivity contribution in [2.75, 3.05) is 0 Å². The molecule has 0 heterocycles. The minimum Gasteiger partial charge on any atom is -0.508 e. The molecule has 0 aliphatic rings. The summed E-state index contributed by atoms with van der Waals surface area (Å²) < 4.78 is 19.1. The first-order valence-corrected chi connectivity index (χ1v) is 5.30. The van der Waals surface area contributed by atoms with Gasteiger partial charge in [-0.1, -0.05) is 12.1 Å². The minimum atomic E-state index is -0.557. The molecule has 4 heteroatoms. The number of phenolic OH excluding ortho intramolecular Hbond substituents is 1. The fraction of sp³-hybridized carbons (Fsp3) is 0.0714. The number of nitriles is 1. The van der Waals surface area contributed by atoms with Crippen molar-refractivity contribution in [3.63, 3.8) is 0 Å². The fourth-order valence-corrected chi connectivity index (χ4v) is 1.48. The highest BCUT2D eigenvalue weighted by molar-refractivity contribution is 5.35. The van der Waals surface area contributed by atoms with Crippen molar-refractivity contribution < 1.29 is 14.2 Å². The summed E-state index contributed by atoms with van der Waals surface area (Å²) in [5.74, 6) is 0.105. The van der Waals surface area contributed by atoms with Crippen LogP contribution < -0.4 is 4.74 Å². The monoisotopic (exact) mass is 243 g/mol. The third kappa shape index (κ3) is 2.58. The van der Waals surface area contributed by atoms with Crippen LogP contribution in [-0.4, -0.2) is 5.11 Å². The molecule has 0 bridgehead atoms. The number of ether oxygens (including phenoxy) is 1. The lowest BCUT2D eigenvalue weighted by atomic mass is 10.1. The molecular weight excluding hydrogens is 233 g/mol. The van der Waals surface area contributed by atoms with E-state index in [9.17, 15) is 4.39 Å². The van der Waals surface area contributed by atoms with Crippen molar-refractivity contribution in [1.29, 1.82) is 5.26 Å². The molecule has 3 nitrogen and oxygen atoms in total. The summed E-state index contributed by atoms with van der Waals surface area (Å²) in [7, 11) is 0. The highest BCUT2D eigenvalue weighted by atomic mass is 19.1. The van der Waals surface area contributed by atoms with Gasteiger partial charge < -0.3 is 9.84 Å². The first-order chi connectivity index (χ1) is 8.70. The fourth-order valence-electron chi connectivity index (χ4n) is 1.48. The zero-order valence-corrected chi connectivity index (χ0v) is 9.43. The van der Waals surface area contributed by atoms with Gasteiger partial charge in [-0.25, -0.2) is 4.39 Å². The summed E-state index contributed by atoms with van der Waals surface area (Å²) in [6, 6.07) is 12.5. The van der Waals surface area contributed by atoms with Gasteiger partial charge in [-0.3, -0.25) is 0 Å². The Hall–Kier alpha value is -2.54. The molecule has 0 amide bonds. The standard InChI is InChI=1S/C14H10FNO2/c15-14-10(8-16)2-1-3-11(14)9-18-13-6-4-12(17)5-7-13/h1-7,17H,9H2. The third-order valence-corrected chi connectivity index (χ3v) is 2.43. The van der Waals surface area contributed by atoms with Crippen molar-refractivity contribution in [2.45, 2.75) is 6.61 Å². The van der Waals surface area contributed by atoms with Gasteiger partial charge >= 0.3 is 0 Å². The zero-order chi connectivity index (χ0) is 13.0. The maximum Gasteiger partial charge on any atom is 0.147 e. The molecule has 0 spiro atoms. The van der Waals surface area contributed by atoms with Gasteiger partial charge in [-0.05, 0) is 30.3 Å². The summed E-state index contributed by atoms with van der Waals surface area (Å²) in [6.07, 6.45) is 0. The van der Waals surface area contributed by atoms with E-state index >= 15 is 0 Å². The van der Waals surface area contributed by atoms with Gasteiger partial charge in [0.25, 0.3) is 0 Å². The van der Waals surface area contributed by atoms with Crippen LogP contribution >= 0.6 is 0 Å². The van der Waals surface area contributed by atoms with E-state index in [2.05, 4.69) is 0 Å². The van der Waals surface area contributed by atoms with Crippen molar-refractivity contribution in [1.82, 2.24) is 0 Å². The number of halogens is 1. The lowest BCUT2D eigenvalue weighted by Gasteiger charge is -2.07. The van der Waals surface area contributed by atoms with Crippen LogP contribution in [0.2, 0.25) is 0 Å². The normalized spacial score (nSPS) is 9.78. The highest BCUT2D eigenvalue weighted by Crippen LogP contribution is 2.19. The Labute approximate surface area is 104 Å². The van der Waals surface area contributed by atoms with E-state index in [1.165, 1.54) is 18.2 Å². The molecule has 18 heavy (non-hydrogen) atoms. The van der Waals surface area contributed by atoms with Crippen molar-refractivity contribution in [3.8, 4) is 17.6 Å². The minimum absolute atomic E-state index is 0.00167. The van der Waals surface area contributed by atoms with Crippen LogP contribution in [0.4, 0.5) is 4.39 Å². The highest BCUT2D eigenvalue weighted by Gasteiger charge is 2.07. The topological polar surface area (TPSA) is 53.2 Å². The number of benzene rings is 2. The Morgan fingerprint density at radius 1 is 1.17 bits per heavy atom. The van der Waals surface area contributed by atoms with E-state index in [1.807, 2.05) is 0 Å². The molecule has 90 valence electrons. The summed E-state index contributed by atoms with van der Waals surface area (Å²) in [4.78, 5) is 0. The lowest BCUT2D eigenvalue weighted by Crippen LogP contribution is -2.00. The summed E-state index contributed by atoms with van der Waals surface area (Å²) in [5, 5.41) is 17.8. The first-order valence-electron chi connectivity index (χ1n) is 5.30. The van der Waals surface area contributed by atoms with Crippen LogP contribution in [-0.2, 0) is 6.61 Å². The number of nitrogens with zero attached hydrogens (tertiary/aromatic N) is 1. The maximum absolute atomic E-state index is 13.7. The first kappa shape index (κ1) is 11.9. The Balaban J connectivity index is 2.11. The lowest BCUT2D eigenvalue weighted by molar-refractivity contribution is 0.299. The summed E-state index contributed by atoms with van der Waals surface area (Å²) >= 11 is 0. The quantitative estimate of drug-likeness (QED) is 0.901. The number of rotatable bonds is 3. The van der Waals surface area contributed by atoms with Crippen LogP contribution in [0.15, 0.2) is 42.5 Å². The summed E-state index contributed by atoms with van der Waals surface area (Å²) in [5.41, 5.74) is 0.323. The third-order valence-electron chi connectivity index (χ3n) is 2.43. The van der Waals surface area contributed by atoms with E-state index in [0.717, 1.165) is 0 Å². The predicted molar refractivity (Wildman–Crippen MR) is 63.6 cm³/mol. The van der Waals surface area contributed by atoms with E-state index in [0.29, 0.717) is 11.3 Å². The van der Waals surface area contributed by atoms with Gasteiger partial charge in [0, 0.05) is 5.56 Å². The second-order valence-corrected chi connectivity index (χ2v) is 3.67. The van der Waals surface area contributed by atoms with E-state index in [4.69, 9.17) is 15.1 Å². The average molecular weight is 243 g/mol. The smallest absolute Gasteiger partial charge is 0.147 e. The van der Waals surface area contributed by atoms with Crippen molar-refractivity contribution in [2.24, 2.45) is 0 Å². The molecule has 0 aromatic heterocycles. The Morgan fingerprint density at radius 2 is 1.89 bits per heavy atom. The molecule has 0 saturated carbocycles. The van der Waals surface area contributed by atoms with Gasteiger partial charge in [0.2, 0.25) is 0 Å². The number of aromatic hydroxyl groups is 1. The van der Waals surface area contributed by atoms with Gasteiger partial charge in [0.05, 0.1) is 5.56 Å². The van der Waals surface area contributed by atoms with Gasteiger partial charge in [-0.2, -0.15) is 5.26 Å². The van der Waals surface area contributed by atoms with Crippen molar-refractivity contribution >= 4 is 0 Å². The Bertz CT molecular complexity index is 588. The van der Waals surface area contributed by atoms with Gasteiger partial charge in [0.1, 0.15) is 30.0 Å². The maximum atomic E-state index is 13.7. The molecule has 0 atom stereocenters. The Kier molecular flexibility index (Phi) is 3.44. The van der Waals surface area contributed by atoms with Crippen LogP contribution in [0, 0.1) is 17.1 Å². The molecule has 1 N–H and O–H groups in total. The molecule has 0 unspecified atom stereocenters. The Morgan fingerprint density at radius 3 is 2.56 bits per heavy atom. The van der Waals surface area contributed by atoms with Gasteiger partial charge in [0.15, 0.2) is 0 Å². The van der Waals surface area contributed by atoms with Crippen LogP contribution in [0.25, 0.3) is 0 Å². The molecule has 0 radical (unpaired) electrons. The van der Waals surface area contributed by atoms with E-state index in [1.54, 1.807) is 30.3 Å². The molecule has 0 aliphatic carbocycles. The predicted octanol–water partition coefficient (Wildman–Crippen LogP) is 2.98. The average Bonchev–Trinajstić information content (AvgIpc) is 2.39. The van der Waals surface area contributed by atoms with E-state index < -0.39 is 5.82 Å². The number of hydrogen-bond donors (Lipinski definition) is 1. The second-order valence-electron chi connectivity index (χ2n) is 3.67. The molecule has 0 saturated heterocycles.